The number of carboxylic acids is 1. The zero-order valence-electron chi connectivity index (χ0n) is 14.5. The molecule has 118 valence electrons. The number of unbranched alkanes of at least 4 members (excludes halogenated alkanes) is 5. The van der Waals surface area contributed by atoms with Crippen LogP contribution in [0.1, 0.15) is 72.6 Å². The van der Waals surface area contributed by atoms with E-state index in [4.69, 9.17) is 0 Å². The van der Waals surface area contributed by atoms with E-state index in [2.05, 4.69) is 6.92 Å². The number of rotatable bonds is 11. The predicted molar refractivity (Wildman–Crippen MR) is 79.0 cm³/mol. The van der Waals surface area contributed by atoms with E-state index in [0.29, 0.717) is 19.5 Å². The molecule has 21 heavy (non-hydrogen) atoms. The standard InChI is InChI=1S/C16H31NO3.Na/c1-5-8-9-10-11-12-13-16(4,15(19)20)14(18)17(6-2)7-3;/h5-13H2,1-4H3,(H,19,20);/q;+1/p-1. The molecule has 0 saturated carbocycles. The maximum absolute atomic E-state index is 12.3. The molecule has 0 aliphatic carbocycles. The first-order valence-corrected chi connectivity index (χ1v) is 7.94. The molecule has 0 rings (SSSR count). The van der Waals surface area contributed by atoms with Crippen molar-refractivity contribution >= 4 is 11.9 Å². The third-order valence-corrected chi connectivity index (χ3v) is 4.00. The zero-order valence-corrected chi connectivity index (χ0v) is 16.5. The van der Waals surface area contributed by atoms with Crippen LogP contribution in [0.15, 0.2) is 0 Å². The summed E-state index contributed by atoms with van der Waals surface area (Å²) in [6.07, 6.45) is 6.82. The second-order valence-electron chi connectivity index (χ2n) is 5.61. The minimum Gasteiger partial charge on any atom is -0.549 e. The molecule has 1 amide bonds. The molecule has 5 heteroatoms. The molecule has 0 radical (unpaired) electrons. The predicted octanol–water partition coefficient (Wildman–Crippen LogP) is -0.634. The zero-order chi connectivity index (χ0) is 15.6. The summed E-state index contributed by atoms with van der Waals surface area (Å²) < 4.78 is 0. The van der Waals surface area contributed by atoms with Crippen molar-refractivity contribution in [3.05, 3.63) is 0 Å². The maximum Gasteiger partial charge on any atom is 1.00 e. The van der Waals surface area contributed by atoms with Crippen LogP contribution in [0, 0.1) is 5.41 Å². The van der Waals surface area contributed by atoms with Gasteiger partial charge in [-0.15, -0.1) is 0 Å². The molecule has 0 aliphatic heterocycles. The second-order valence-corrected chi connectivity index (χ2v) is 5.61. The average Bonchev–Trinajstić information content (AvgIpc) is 2.43. The van der Waals surface area contributed by atoms with E-state index in [-0.39, 0.29) is 35.5 Å². The van der Waals surface area contributed by atoms with Gasteiger partial charge in [-0.3, -0.25) is 4.79 Å². The molecule has 0 heterocycles. The Labute approximate surface area is 152 Å². The number of carboxylic acid groups (broad SMARTS) is 1. The van der Waals surface area contributed by atoms with Gasteiger partial charge in [0.2, 0.25) is 5.91 Å². The first kappa shape index (κ1) is 23.2. The fourth-order valence-corrected chi connectivity index (χ4v) is 2.41. The van der Waals surface area contributed by atoms with Crippen LogP contribution in [0.2, 0.25) is 0 Å². The van der Waals surface area contributed by atoms with Gasteiger partial charge >= 0.3 is 29.6 Å². The van der Waals surface area contributed by atoms with Crippen molar-refractivity contribution in [1.82, 2.24) is 4.90 Å². The van der Waals surface area contributed by atoms with E-state index in [1.165, 1.54) is 26.2 Å². The molecule has 0 aliphatic rings. The van der Waals surface area contributed by atoms with Crippen LogP contribution in [-0.2, 0) is 9.59 Å². The molecule has 0 spiro atoms. The molecule has 0 aromatic carbocycles. The summed E-state index contributed by atoms with van der Waals surface area (Å²) in [5.41, 5.74) is -1.38. The monoisotopic (exact) mass is 307 g/mol. The molecular weight excluding hydrogens is 277 g/mol. The molecule has 0 aromatic heterocycles. The minimum absolute atomic E-state index is 0. The SMILES string of the molecule is CCCCCCCCC(C)(C(=O)[O-])C(=O)N(CC)CC.[Na+]. The third kappa shape index (κ3) is 7.66. The van der Waals surface area contributed by atoms with E-state index in [9.17, 15) is 14.7 Å². The van der Waals surface area contributed by atoms with E-state index >= 15 is 0 Å². The number of nitrogens with zero attached hydrogens (tertiary/aromatic N) is 1. The minimum atomic E-state index is -1.38. The van der Waals surface area contributed by atoms with Crippen LogP contribution >= 0.6 is 0 Å². The Hall–Kier alpha value is -0.0600. The van der Waals surface area contributed by atoms with Crippen LogP contribution < -0.4 is 34.7 Å². The van der Waals surface area contributed by atoms with Crippen LogP contribution in [0.3, 0.4) is 0 Å². The largest absolute Gasteiger partial charge is 1.00 e. The first-order chi connectivity index (χ1) is 9.43. The molecule has 0 saturated heterocycles. The molecule has 0 bridgehead atoms. The Bertz CT molecular complexity index is 306. The summed E-state index contributed by atoms with van der Waals surface area (Å²) in [7, 11) is 0. The number of amides is 1. The smallest absolute Gasteiger partial charge is 0.549 e. The maximum atomic E-state index is 12.3. The van der Waals surface area contributed by atoms with Crippen LogP contribution in [0.5, 0.6) is 0 Å². The van der Waals surface area contributed by atoms with Crippen molar-refractivity contribution in [1.29, 1.82) is 0 Å². The molecular formula is C16H30NNaO3. The van der Waals surface area contributed by atoms with Gasteiger partial charge in [0.15, 0.2) is 0 Å². The van der Waals surface area contributed by atoms with Crippen molar-refractivity contribution < 1.29 is 44.3 Å². The van der Waals surface area contributed by atoms with Crippen molar-refractivity contribution in [3.63, 3.8) is 0 Å². The Morgan fingerprint density at radius 2 is 1.43 bits per heavy atom. The van der Waals surface area contributed by atoms with Gasteiger partial charge < -0.3 is 14.8 Å². The first-order valence-electron chi connectivity index (χ1n) is 7.94. The summed E-state index contributed by atoms with van der Waals surface area (Å²) in [6, 6.07) is 0. The second kappa shape index (κ2) is 12.5. The molecule has 1 unspecified atom stereocenters. The van der Waals surface area contributed by atoms with Gasteiger partial charge in [-0.1, -0.05) is 45.4 Å². The van der Waals surface area contributed by atoms with E-state index in [1.54, 1.807) is 4.90 Å². The van der Waals surface area contributed by atoms with Crippen molar-refractivity contribution in [2.24, 2.45) is 5.41 Å². The van der Waals surface area contributed by atoms with E-state index in [1.807, 2.05) is 13.8 Å². The summed E-state index contributed by atoms with van der Waals surface area (Å²) in [5.74, 6) is -1.56. The average molecular weight is 307 g/mol. The number of carbonyl (C=O) groups is 2. The summed E-state index contributed by atoms with van der Waals surface area (Å²) >= 11 is 0. The fraction of sp³-hybridized carbons (Fsp3) is 0.875. The van der Waals surface area contributed by atoms with Crippen LogP contribution in [0.4, 0.5) is 0 Å². The fourth-order valence-electron chi connectivity index (χ4n) is 2.41. The molecule has 0 fully saturated rings. The van der Waals surface area contributed by atoms with Crippen molar-refractivity contribution in [3.8, 4) is 0 Å². The van der Waals surface area contributed by atoms with Gasteiger partial charge in [0, 0.05) is 13.1 Å². The van der Waals surface area contributed by atoms with Gasteiger partial charge in [0.25, 0.3) is 0 Å². The third-order valence-electron chi connectivity index (χ3n) is 4.00. The number of aliphatic carboxylic acids is 1. The Morgan fingerprint density at radius 3 is 1.86 bits per heavy atom. The summed E-state index contributed by atoms with van der Waals surface area (Å²) in [6.45, 7) is 8.47. The molecule has 4 nitrogen and oxygen atoms in total. The van der Waals surface area contributed by atoms with Gasteiger partial charge in [-0.05, 0) is 27.2 Å². The van der Waals surface area contributed by atoms with E-state index < -0.39 is 11.4 Å². The topological polar surface area (TPSA) is 60.4 Å². The Kier molecular flexibility index (Phi) is 13.8. The van der Waals surface area contributed by atoms with Crippen LogP contribution in [-0.4, -0.2) is 29.9 Å². The van der Waals surface area contributed by atoms with Crippen molar-refractivity contribution in [2.45, 2.75) is 72.6 Å². The number of carbonyl (C=O) groups excluding carboxylic acids is 2. The number of hydrogen-bond donors (Lipinski definition) is 0. The summed E-state index contributed by atoms with van der Waals surface area (Å²) in [5, 5.41) is 11.4. The molecule has 1 atom stereocenters. The summed E-state index contributed by atoms with van der Waals surface area (Å²) in [4.78, 5) is 25.3. The quantitative estimate of drug-likeness (QED) is 0.290. The molecule has 0 aromatic rings. The normalized spacial score (nSPS) is 13.1. The molecule has 0 N–H and O–H groups in total. The van der Waals surface area contributed by atoms with Gasteiger partial charge in [0.1, 0.15) is 0 Å². The van der Waals surface area contributed by atoms with Gasteiger partial charge in [0.05, 0.1) is 11.4 Å². The van der Waals surface area contributed by atoms with Gasteiger partial charge in [-0.2, -0.15) is 0 Å². The van der Waals surface area contributed by atoms with Crippen LogP contribution in [0.25, 0.3) is 0 Å². The Balaban J connectivity index is 0. The van der Waals surface area contributed by atoms with E-state index in [0.717, 1.165) is 19.3 Å². The van der Waals surface area contributed by atoms with Gasteiger partial charge in [-0.25, -0.2) is 0 Å². The van der Waals surface area contributed by atoms with Crippen molar-refractivity contribution in [2.75, 3.05) is 13.1 Å². The number of hydrogen-bond acceptors (Lipinski definition) is 3. The Morgan fingerprint density at radius 1 is 0.952 bits per heavy atom.